The van der Waals surface area contributed by atoms with E-state index >= 15 is 0 Å². The Morgan fingerprint density at radius 2 is 1.91 bits per heavy atom. The van der Waals surface area contributed by atoms with Crippen LogP contribution in [0.3, 0.4) is 0 Å². The van der Waals surface area contributed by atoms with Gasteiger partial charge in [-0.2, -0.15) is 0 Å². The van der Waals surface area contributed by atoms with Gasteiger partial charge in [-0.15, -0.1) is 0 Å². The molecule has 0 radical (unpaired) electrons. The Kier molecular flexibility index (Phi) is 5.70. The fraction of sp³-hybridized carbons (Fsp3) is 0.526. The molecule has 3 rings (SSSR count). The highest BCUT2D eigenvalue weighted by molar-refractivity contribution is 5.68. The van der Waals surface area contributed by atoms with Crippen molar-refractivity contribution in [3.8, 4) is 0 Å². The largest absolute Gasteiger partial charge is 0.445 e. The first-order chi connectivity index (χ1) is 11.3. The van der Waals surface area contributed by atoms with E-state index < -0.39 is 0 Å². The van der Waals surface area contributed by atoms with Gasteiger partial charge in [0, 0.05) is 13.1 Å². The Hall–Kier alpha value is -1.81. The standard InChI is InChI=1S/C19H26N2O2/c22-19(23-16-17-8-2-1-3-9-17)21-15-7-11-18(21)10-6-14-20-12-4-5-13-20/h1-3,6,8-10,18H,4-5,7,11-16H2/b10-6+. The number of benzene rings is 1. The van der Waals surface area contributed by atoms with E-state index in [1.165, 1.54) is 25.9 Å². The van der Waals surface area contributed by atoms with E-state index in [9.17, 15) is 4.79 Å². The first kappa shape index (κ1) is 16.1. The molecule has 1 atom stereocenters. The monoisotopic (exact) mass is 314 g/mol. The summed E-state index contributed by atoms with van der Waals surface area (Å²) in [6.07, 6.45) is 8.94. The topological polar surface area (TPSA) is 32.8 Å². The van der Waals surface area contributed by atoms with Crippen LogP contribution in [0.1, 0.15) is 31.2 Å². The molecule has 1 aromatic carbocycles. The molecule has 1 amide bonds. The molecule has 1 aromatic rings. The van der Waals surface area contributed by atoms with Gasteiger partial charge >= 0.3 is 6.09 Å². The second kappa shape index (κ2) is 8.16. The van der Waals surface area contributed by atoms with Gasteiger partial charge in [0.05, 0.1) is 6.04 Å². The van der Waals surface area contributed by atoms with Crippen LogP contribution in [-0.4, -0.2) is 48.1 Å². The number of carbonyl (C=O) groups is 1. The lowest BCUT2D eigenvalue weighted by Crippen LogP contribution is -2.35. The van der Waals surface area contributed by atoms with Crippen molar-refractivity contribution in [2.45, 2.75) is 38.3 Å². The van der Waals surface area contributed by atoms with Crippen molar-refractivity contribution in [3.05, 3.63) is 48.0 Å². The average Bonchev–Trinajstić information content (AvgIpc) is 3.25. The first-order valence-electron chi connectivity index (χ1n) is 8.69. The van der Waals surface area contributed by atoms with Gasteiger partial charge in [0.1, 0.15) is 6.61 Å². The molecule has 2 heterocycles. The van der Waals surface area contributed by atoms with Gasteiger partial charge in [-0.3, -0.25) is 4.90 Å². The number of nitrogens with zero attached hydrogens (tertiary/aromatic N) is 2. The highest BCUT2D eigenvalue weighted by Gasteiger charge is 2.27. The van der Waals surface area contributed by atoms with Crippen molar-refractivity contribution in [1.82, 2.24) is 9.80 Å². The maximum Gasteiger partial charge on any atom is 0.410 e. The number of likely N-dealkylation sites (tertiary alicyclic amines) is 2. The van der Waals surface area contributed by atoms with Crippen LogP contribution in [0.25, 0.3) is 0 Å². The number of carbonyl (C=O) groups excluding carboxylic acids is 1. The van der Waals surface area contributed by atoms with Crippen LogP contribution in [0, 0.1) is 0 Å². The van der Waals surface area contributed by atoms with E-state index in [-0.39, 0.29) is 12.1 Å². The molecule has 0 aliphatic carbocycles. The molecule has 1 unspecified atom stereocenters. The van der Waals surface area contributed by atoms with E-state index in [0.29, 0.717) is 6.61 Å². The van der Waals surface area contributed by atoms with Gasteiger partial charge in [-0.05, 0) is 44.3 Å². The Morgan fingerprint density at radius 3 is 2.70 bits per heavy atom. The average molecular weight is 314 g/mol. The SMILES string of the molecule is O=C(OCc1ccccc1)N1CCCC1/C=C/CN1CCCC1. The molecule has 0 bridgehead atoms. The summed E-state index contributed by atoms with van der Waals surface area (Å²) < 4.78 is 5.46. The van der Waals surface area contributed by atoms with Crippen LogP contribution >= 0.6 is 0 Å². The van der Waals surface area contributed by atoms with Crippen LogP contribution < -0.4 is 0 Å². The molecule has 2 aliphatic rings. The zero-order valence-corrected chi connectivity index (χ0v) is 13.7. The van der Waals surface area contributed by atoms with Gasteiger partial charge in [0.2, 0.25) is 0 Å². The second-order valence-electron chi connectivity index (χ2n) is 6.38. The highest BCUT2D eigenvalue weighted by Crippen LogP contribution is 2.20. The molecule has 2 fully saturated rings. The molecular weight excluding hydrogens is 288 g/mol. The van der Waals surface area contributed by atoms with Crippen LogP contribution in [0.4, 0.5) is 4.79 Å². The van der Waals surface area contributed by atoms with Crippen molar-refractivity contribution in [1.29, 1.82) is 0 Å². The molecule has 0 saturated carbocycles. The van der Waals surface area contributed by atoms with Gasteiger partial charge in [0.15, 0.2) is 0 Å². The summed E-state index contributed by atoms with van der Waals surface area (Å²) in [7, 11) is 0. The third-order valence-corrected chi connectivity index (χ3v) is 4.66. The lowest BCUT2D eigenvalue weighted by atomic mass is 10.2. The fourth-order valence-electron chi connectivity index (χ4n) is 3.35. The summed E-state index contributed by atoms with van der Waals surface area (Å²) in [5.74, 6) is 0. The Balaban J connectivity index is 1.47. The first-order valence-corrected chi connectivity index (χ1v) is 8.69. The summed E-state index contributed by atoms with van der Waals surface area (Å²) in [5.41, 5.74) is 1.03. The molecule has 4 nitrogen and oxygen atoms in total. The van der Waals surface area contributed by atoms with E-state index in [2.05, 4.69) is 17.1 Å². The van der Waals surface area contributed by atoms with Crippen molar-refractivity contribution in [2.75, 3.05) is 26.2 Å². The minimum absolute atomic E-state index is 0.192. The van der Waals surface area contributed by atoms with Gasteiger partial charge < -0.3 is 9.64 Å². The summed E-state index contributed by atoms with van der Waals surface area (Å²) in [5, 5.41) is 0. The number of hydrogen-bond acceptors (Lipinski definition) is 3. The summed E-state index contributed by atoms with van der Waals surface area (Å²) >= 11 is 0. The third kappa shape index (κ3) is 4.58. The lowest BCUT2D eigenvalue weighted by molar-refractivity contribution is 0.0974. The molecule has 0 spiro atoms. The second-order valence-corrected chi connectivity index (χ2v) is 6.38. The predicted octanol–water partition coefficient (Wildman–Crippen LogP) is 3.44. The number of rotatable bonds is 5. The van der Waals surface area contributed by atoms with Crippen LogP contribution in [-0.2, 0) is 11.3 Å². The number of hydrogen-bond donors (Lipinski definition) is 0. The third-order valence-electron chi connectivity index (χ3n) is 4.66. The molecule has 2 aliphatic heterocycles. The van der Waals surface area contributed by atoms with Crippen LogP contribution in [0.15, 0.2) is 42.5 Å². The summed E-state index contributed by atoms with van der Waals surface area (Å²) in [6, 6.07) is 10.0. The fourth-order valence-corrected chi connectivity index (χ4v) is 3.35. The summed E-state index contributed by atoms with van der Waals surface area (Å²) in [4.78, 5) is 16.6. The minimum atomic E-state index is -0.192. The molecular formula is C19H26N2O2. The lowest BCUT2D eigenvalue weighted by Gasteiger charge is -2.22. The smallest absolute Gasteiger partial charge is 0.410 e. The van der Waals surface area contributed by atoms with E-state index in [1.54, 1.807) is 0 Å². The molecule has 124 valence electrons. The highest BCUT2D eigenvalue weighted by atomic mass is 16.6. The van der Waals surface area contributed by atoms with Crippen LogP contribution in [0.2, 0.25) is 0 Å². The zero-order valence-electron chi connectivity index (χ0n) is 13.7. The molecule has 0 N–H and O–H groups in total. The van der Waals surface area contributed by atoms with Crippen molar-refractivity contribution in [2.24, 2.45) is 0 Å². The van der Waals surface area contributed by atoms with Gasteiger partial charge in [-0.1, -0.05) is 42.5 Å². The van der Waals surface area contributed by atoms with Crippen molar-refractivity contribution in [3.63, 3.8) is 0 Å². The van der Waals surface area contributed by atoms with Crippen LogP contribution in [0.5, 0.6) is 0 Å². The van der Waals surface area contributed by atoms with Gasteiger partial charge in [-0.25, -0.2) is 4.79 Å². The van der Waals surface area contributed by atoms with E-state index in [1.807, 2.05) is 35.2 Å². The maximum absolute atomic E-state index is 12.3. The Labute approximate surface area is 138 Å². The zero-order chi connectivity index (χ0) is 15.9. The van der Waals surface area contributed by atoms with Crippen molar-refractivity contribution >= 4 is 6.09 Å². The van der Waals surface area contributed by atoms with Crippen molar-refractivity contribution < 1.29 is 9.53 Å². The number of ether oxygens (including phenoxy) is 1. The molecule has 23 heavy (non-hydrogen) atoms. The predicted molar refractivity (Wildman–Crippen MR) is 91.2 cm³/mol. The summed E-state index contributed by atoms with van der Waals surface area (Å²) in [6.45, 7) is 4.56. The Morgan fingerprint density at radius 1 is 1.13 bits per heavy atom. The van der Waals surface area contributed by atoms with E-state index in [4.69, 9.17) is 4.74 Å². The minimum Gasteiger partial charge on any atom is -0.445 e. The Bertz CT molecular complexity index is 523. The molecule has 0 aromatic heterocycles. The van der Waals surface area contributed by atoms with E-state index in [0.717, 1.165) is 31.5 Å². The van der Waals surface area contributed by atoms with Gasteiger partial charge in [0.25, 0.3) is 0 Å². The molecule has 4 heteroatoms. The number of amides is 1. The maximum atomic E-state index is 12.3. The quantitative estimate of drug-likeness (QED) is 0.781. The normalized spacial score (nSPS) is 22.1. The molecule has 2 saturated heterocycles.